The first kappa shape index (κ1) is 25.1. The fourth-order valence-electron chi connectivity index (χ4n) is 3.84. The van der Waals surface area contributed by atoms with Crippen molar-refractivity contribution in [2.75, 3.05) is 30.4 Å². The lowest BCUT2D eigenvalue weighted by atomic mass is 10.1. The highest BCUT2D eigenvalue weighted by Crippen LogP contribution is 2.36. The molecule has 1 fully saturated rings. The summed E-state index contributed by atoms with van der Waals surface area (Å²) in [6, 6.07) is 6.85. The van der Waals surface area contributed by atoms with Crippen LogP contribution < -0.4 is 19.7 Å². The van der Waals surface area contributed by atoms with Crippen LogP contribution in [0.3, 0.4) is 0 Å². The van der Waals surface area contributed by atoms with E-state index in [2.05, 4.69) is 15.3 Å². The van der Waals surface area contributed by atoms with Gasteiger partial charge in [-0.2, -0.15) is 13.2 Å². The first-order chi connectivity index (χ1) is 17.2. The number of anilines is 2. The smallest absolute Gasteiger partial charge is 0.433 e. The zero-order valence-electron chi connectivity index (χ0n) is 19.0. The van der Waals surface area contributed by atoms with E-state index in [0.29, 0.717) is 18.9 Å². The molecule has 1 aliphatic heterocycles. The van der Waals surface area contributed by atoms with E-state index in [9.17, 15) is 26.7 Å². The summed E-state index contributed by atoms with van der Waals surface area (Å²) in [4.78, 5) is 21.9. The minimum Gasteiger partial charge on any atom is -0.487 e. The summed E-state index contributed by atoms with van der Waals surface area (Å²) >= 11 is 0. The van der Waals surface area contributed by atoms with E-state index in [1.54, 1.807) is 4.90 Å². The highest BCUT2D eigenvalue weighted by Gasteiger charge is 2.34. The van der Waals surface area contributed by atoms with Gasteiger partial charge >= 0.3 is 6.18 Å². The highest BCUT2D eigenvalue weighted by atomic mass is 19.4. The van der Waals surface area contributed by atoms with Crippen LogP contribution in [0.25, 0.3) is 0 Å². The van der Waals surface area contributed by atoms with Crippen molar-refractivity contribution in [3.05, 3.63) is 71.7 Å². The molecule has 0 spiro atoms. The molecule has 2 aromatic heterocycles. The Bertz CT molecular complexity index is 1250. The second-order valence-corrected chi connectivity index (χ2v) is 7.98. The molecule has 12 heteroatoms. The van der Waals surface area contributed by atoms with Gasteiger partial charge in [-0.05, 0) is 30.3 Å². The summed E-state index contributed by atoms with van der Waals surface area (Å²) < 4.78 is 77.9. The molecule has 3 heterocycles. The van der Waals surface area contributed by atoms with Gasteiger partial charge in [0.1, 0.15) is 23.2 Å². The van der Waals surface area contributed by atoms with Gasteiger partial charge in [-0.1, -0.05) is 0 Å². The van der Waals surface area contributed by atoms with Crippen LogP contribution in [0.4, 0.5) is 33.3 Å². The van der Waals surface area contributed by atoms with E-state index in [1.807, 2.05) is 0 Å². The minimum atomic E-state index is -4.69. The number of alkyl halides is 3. The standard InChI is InChI=1S/C24H21F5N4O3/c1-35-23-16(3-2-8-30-23)22(34)32-18-13-31-21(24(27,28)29)12-19(18)33-9-6-15(7-10-33)36-20-5-4-14(25)11-17(20)26/h2-5,8,11-13,15H,6-7,9-10H2,1H3,(H,32,34). The van der Waals surface area contributed by atoms with E-state index >= 15 is 0 Å². The number of nitrogens with one attached hydrogen (secondary N) is 1. The Morgan fingerprint density at radius 1 is 1.11 bits per heavy atom. The number of carbonyl (C=O) groups is 1. The third-order valence-electron chi connectivity index (χ3n) is 5.60. The van der Waals surface area contributed by atoms with Gasteiger partial charge < -0.3 is 19.7 Å². The van der Waals surface area contributed by atoms with Crippen LogP contribution in [-0.4, -0.2) is 42.2 Å². The number of pyridine rings is 2. The highest BCUT2D eigenvalue weighted by molar-refractivity contribution is 6.07. The van der Waals surface area contributed by atoms with E-state index < -0.39 is 35.5 Å². The molecular weight excluding hydrogens is 487 g/mol. The summed E-state index contributed by atoms with van der Waals surface area (Å²) in [5.74, 6) is -2.24. The van der Waals surface area contributed by atoms with Crippen molar-refractivity contribution in [3.63, 3.8) is 0 Å². The van der Waals surface area contributed by atoms with Crippen LogP contribution in [-0.2, 0) is 6.18 Å². The molecule has 36 heavy (non-hydrogen) atoms. The molecule has 1 aromatic carbocycles. The van der Waals surface area contributed by atoms with Gasteiger partial charge in [0.15, 0.2) is 11.6 Å². The minimum absolute atomic E-state index is 0.0578. The molecule has 4 rings (SSSR count). The first-order valence-corrected chi connectivity index (χ1v) is 10.9. The van der Waals surface area contributed by atoms with Crippen molar-refractivity contribution < 1.29 is 36.2 Å². The van der Waals surface area contributed by atoms with E-state index in [-0.39, 0.29) is 41.7 Å². The number of hydrogen-bond acceptors (Lipinski definition) is 6. The third-order valence-corrected chi connectivity index (χ3v) is 5.60. The van der Waals surface area contributed by atoms with E-state index in [0.717, 1.165) is 18.3 Å². The van der Waals surface area contributed by atoms with Gasteiger partial charge in [-0.25, -0.2) is 18.7 Å². The number of ether oxygens (including phenoxy) is 2. The Hall–Kier alpha value is -3.96. The molecule has 0 saturated carbocycles. The van der Waals surface area contributed by atoms with Gasteiger partial charge in [-0.3, -0.25) is 4.79 Å². The number of nitrogens with zero attached hydrogens (tertiary/aromatic N) is 3. The number of methoxy groups -OCH3 is 1. The number of benzene rings is 1. The molecule has 190 valence electrons. The Balaban J connectivity index is 1.54. The zero-order valence-corrected chi connectivity index (χ0v) is 19.0. The number of piperidine rings is 1. The third kappa shape index (κ3) is 5.64. The lowest BCUT2D eigenvalue weighted by molar-refractivity contribution is -0.141. The second kappa shape index (κ2) is 10.3. The van der Waals surface area contributed by atoms with Crippen LogP contribution in [0.5, 0.6) is 11.6 Å². The van der Waals surface area contributed by atoms with Crippen molar-refractivity contribution in [1.82, 2.24) is 9.97 Å². The SMILES string of the molecule is COc1ncccc1C(=O)Nc1cnc(C(F)(F)F)cc1N1CCC(Oc2ccc(F)cc2F)CC1. The average Bonchev–Trinajstić information content (AvgIpc) is 2.85. The molecule has 0 aliphatic carbocycles. The maximum atomic E-state index is 13.9. The van der Waals surface area contributed by atoms with Crippen LogP contribution in [0.2, 0.25) is 0 Å². The Labute approximate surface area is 202 Å². The molecule has 1 saturated heterocycles. The summed E-state index contributed by atoms with van der Waals surface area (Å²) in [6.07, 6.45) is -2.03. The Morgan fingerprint density at radius 3 is 2.53 bits per heavy atom. The molecule has 1 amide bonds. The van der Waals surface area contributed by atoms with Crippen molar-refractivity contribution >= 4 is 17.3 Å². The zero-order chi connectivity index (χ0) is 25.9. The molecule has 7 nitrogen and oxygen atoms in total. The van der Waals surface area contributed by atoms with Crippen LogP contribution in [0.1, 0.15) is 28.9 Å². The number of halogens is 5. The monoisotopic (exact) mass is 508 g/mol. The summed E-state index contributed by atoms with van der Waals surface area (Å²) in [5, 5.41) is 2.59. The summed E-state index contributed by atoms with van der Waals surface area (Å²) in [7, 11) is 1.34. The Morgan fingerprint density at radius 2 is 1.86 bits per heavy atom. The van der Waals surface area contributed by atoms with E-state index in [1.165, 1.54) is 31.5 Å². The number of carbonyl (C=O) groups excluding carboxylic acids is 1. The van der Waals surface area contributed by atoms with Gasteiger partial charge in [0, 0.05) is 38.2 Å². The second-order valence-electron chi connectivity index (χ2n) is 7.98. The van der Waals surface area contributed by atoms with Gasteiger partial charge in [-0.15, -0.1) is 0 Å². The normalized spacial score (nSPS) is 14.4. The van der Waals surface area contributed by atoms with Crippen molar-refractivity contribution in [2.45, 2.75) is 25.1 Å². The Kier molecular flexibility index (Phi) is 7.22. The number of rotatable bonds is 6. The molecule has 0 radical (unpaired) electrons. The van der Waals surface area contributed by atoms with Crippen molar-refractivity contribution in [1.29, 1.82) is 0 Å². The van der Waals surface area contributed by atoms with Crippen LogP contribution in [0.15, 0.2) is 48.8 Å². The molecule has 0 bridgehead atoms. The maximum Gasteiger partial charge on any atom is 0.433 e. The molecule has 1 N–H and O–H groups in total. The molecule has 3 aromatic rings. The molecule has 1 aliphatic rings. The topological polar surface area (TPSA) is 76.6 Å². The predicted molar refractivity (Wildman–Crippen MR) is 120 cm³/mol. The molecule has 0 atom stereocenters. The summed E-state index contributed by atoms with van der Waals surface area (Å²) in [5.41, 5.74) is -0.816. The van der Waals surface area contributed by atoms with Crippen molar-refractivity contribution in [3.8, 4) is 11.6 Å². The lowest BCUT2D eigenvalue weighted by Gasteiger charge is -2.35. The van der Waals surface area contributed by atoms with Crippen LogP contribution >= 0.6 is 0 Å². The number of hydrogen-bond donors (Lipinski definition) is 1. The average molecular weight is 508 g/mol. The van der Waals surface area contributed by atoms with Gasteiger partial charge in [0.05, 0.1) is 24.7 Å². The lowest BCUT2D eigenvalue weighted by Crippen LogP contribution is -2.39. The number of amides is 1. The number of aromatic nitrogens is 2. The summed E-state index contributed by atoms with van der Waals surface area (Å²) in [6.45, 7) is 0.516. The van der Waals surface area contributed by atoms with Gasteiger partial charge in [0.25, 0.3) is 5.91 Å². The van der Waals surface area contributed by atoms with E-state index in [4.69, 9.17) is 9.47 Å². The fraction of sp³-hybridized carbons (Fsp3) is 0.292. The molecule has 0 unspecified atom stereocenters. The molecular formula is C24H21F5N4O3. The first-order valence-electron chi connectivity index (χ1n) is 10.9. The van der Waals surface area contributed by atoms with Crippen molar-refractivity contribution in [2.24, 2.45) is 0 Å². The predicted octanol–water partition coefficient (Wildman–Crippen LogP) is 5.08. The largest absolute Gasteiger partial charge is 0.487 e. The fourth-order valence-corrected chi connectivity index (χ4v) is 3.84. The van der Waals surface area contributed by atoms with Crippen LogP contribution in [0, 0.1) is 11.6 Å². The maximum absolute atomic E-state index is 13.9. The van der Waals surface area contributed by atoms with Gasteiger partial charge in [0.2, 0.25) is 5.88 Å². The quantitative estimate of drug-likeness (QED) is 0.468.